The Bertz CT molecular complexity index is 627. The molecule has 6 nitrogen and oxygen atoms in total. The number of aromatic amines is 1. The van der Waals surface area contributed by atoms with Gasteiger partial charge in [-0.15, -0.1) is 0 Å². The number of carboxylic acids is 1. The van der Waals surface area contributed by atoms with Crippen LogP contribution >= 0.6 is 7.60 Å². The van der Waals surface area contributed by atoms with Gasteiger partial charge in [-0.2, -0.15) is 0 Å². The molecule has 0 atom stereocenters. The summed E-state index contributed by atoms with van der Waals surface area (Å²) in [5.74, 6) is -0.966. The van der Waals surface area contributed by atoms with Crippen molar-refractivity contribution in [3.8, 4) is 0 Å². The highest BCUT2D eigenvalue weighted by atomic mass is 31.2. The molecule has 0 aliphatic heterocycles. The van der Waals surface area contributed by atoms with Crippen LogP contribution in [0.3, 0.4) is 0 Å². The fourth-order valence-corrected chi connectivity index (χ4v) is 2.20. The predicted molar refractivity (Wildman–Crippen MR) is 61.3 cm³/mol. The van der Waals surface area contributed by atoms with Crippen LogP contribution in [0.4, 0.5) is 0 Å². The van der Waals surface area contributed by atoms with E-state index in [2.05, 4.69) is 4.98 Å². The molecule has 1 aromatic heterocycles. The van der Waals surface area contributed by atoms with Crippen molar-refractivity contribution in [1.29, 1.82) is 0 Å². The molecule has 2 aromatic rings. The molecule has 0 amide bonds. The lowest BCUT2D eigenvalue weighted by atomic mass is 10.2. The van der Waals surface area contributed by atoms with Crippen LogP contribution in [0.15, 0.2) is 24.3 Å². The Balaban J connectivity index is 2.48. The van der Waals surface area contributed by atoms with E-state index in [0.717, 1.165) is 0 Å². The van der Waals surface area contributed by atoms with Gasteiger partial charge in [0.1, 0.15) is 0 Å². The van der Waals surface area contributed by atoms with Gasteiger partial charge in [-0.3, -0.25) is 9.36 Å². The van der Waals surface area contributed by atoms with E-state index < -0.39 is 13.6 Å². The topological polar surface area (TPSA) is 111 Å². The van der Waals surface area contributed by atoms with Crippen molar-refractivity contribution in [3.05, 3.63) is 30.0 Å². The highest BCUT2D eigenvalue weighted by molar-refractivity contribution is 7.60. The number of carboxylic acid groups (broad SMARTS) is 1. The van der Waals surface area contributed by atoms with Crippen molar-refractivity contribution in [2.24, 2.45) is 0 Å². The molecule has 17 heavy (non-hydrogen) atoms. The number of hydrogen-bond acceptors (Lipinski definition) is 2. The normalized spacial score (nSPS) is 11.9. The lowest BCUT2D eigenvalue weighted by Crippen LogP contribution is -2.02. The van der Waals surface area contributed by atoms with Gasteiger partial charge < -0.3 is 19.9 Å². The van der Waals surface area contributed by atoms with Gasteiger partial charge in [0.2, 0.25) is 0 Å². The van der Waals surface area contributed by atoms with Gasteiger partial charge in [-0.25, -0.2) is 0 Å². The van der Waals surface area contributed by atoms with Crippen molar-refractivity contribution in [2.75, 3.05) is 0 Å². The summed E-state index contributed by atoms with van der Waals surface area (Å²) in [6, 6.07) is 5.78. The second-order valence-corrected chi connectivity index (χ2v) is 5.29. The summed E-state index contributed by atoms with van der Waals surface area (Å²) in [6.07, 6.45) is -0.153. The Morgan fingerprint density at radius 1 is 1.29 bits per heavy atom. The molecule has 0 spiro atoms. The summed E-state index contributed by atoms with van der Waals surface area (Å²) in [5, 5.41) is 9.14. The molecule has 0 fully saturated rings. The molecule has 90 valence electrons. The second kappa shape index (κ2) is 4.00. The molecular weight excluding hydrogens is 245 g/mol. The van der Waals surface area contributed by atoms with Crippen LogP contribution in [-0.4, -0.2) is 25.8 Å². The molecule has 0 aliphatic carbocycles. The van der Waals surface area contributed by atoms with Gasteiger partial charge in [-0.1, -0.05) is 0 Å². The Morgan fingerprint density at radius 2 is 2.00 bits per heavy atom. The van der Waals surface area contributed by atoms with E-state index in [1.54, 1.807) is 6.07 Å². The van der Waals surface area contributed by atoms with E-state index in [0.29, 0.717) is 16.6 Å². The smallest absolute Gasteiger partial charge is 0.356 e. The number of H-pyrrole nitrogens is 1. The third-order valence-corrected chi connectivity index (χ3v) is 3.29. The number of nitrogens with one attached hydrogen (secondary N) is 1. The summed E-state index contributed by atoms with van der Waals surface area (Å²) in [4.78, 5) is 31.4. The summed E-state index contributed by atoms with van der Waals surface area (Å²) < 4.78 is 11.1. The zero-order valence-corrected chi connectivity index (χ0v) is 9.52. The third kappa shape index (κ3) is 2.55. The largest absolute Gasteiger partial charge is 0.481 e. The fourth-order valence-electron chi connectivity index (χ4n) is 1.62. The highest BCUT2D eigenvalue weighted by Crippen LogP contribution is 2.34. The Kier molecular flexibility index (Phi) is 2.79. The Morgan fingerprint density at radius 3 is 2.59 bits per heavy atom. The average Bonchev–Trinajstić information content (AvgIpc) is 2.55. The standard InChI is InChI=1S/C10H10NO5P/c12-10(13)5-7-3-6-4-8(17(14,15)16)1-2-9(6)11-7/h1-4,11H,5H2,(H,12,13)(H2,14,15,16). The van der Waals surface area contributed by atoms with E-state index in [1.807, 2.05) is 0 Å². The van der Waals surface area contributed by atoms with Crippen molar-refractivity contribution in [1.82, 2.24) is 4.98 Å². The zero-order valence-electron chi connectivity index (χ0n) is 8.62. The van der Waals surface area contributed by atoms with Crippen molar-refractivity contribution >= 4 is 29.8 Å². The molecule has 1 heterocycles. The lowest BCUT2D eigenvalue weighted by molar-refractivity contribution is -0.136. The van der Waals surface area contributed by atoms with Gasteiger partial charge in [0.05, 0.1) is 11.7 Å². The van der Waals surface area contributed by atoms with Gasteiger partial charge >= 0.3 is 13.6 Å². The molecule has 0 bridgehead atoms. The van der Waals surface area contributed by atoms with Crippen LogP contribution in [0.2, 0.25) is 0 Å². The maximum absolute atomic E-state index is 11.1. The Labute approximate surface area is 96.1 Å². The molecule has 0 unspecified atom stereocenters. The predicted octanol–water partition coefficient (Wildman–Crippen LogP) is 0.598. The molecule has 7 heteroatoms. The van der Waals surface area contributed by atoms with Crippen LogP contribution in [-0.2, 0) is 15.8 Å². The third-order valence-electron chi connectivity index (χ3n) is 2.34. The summed E-state index contributed by atoms with van der Waals surface area (Å²) in [7, 11) is -4.27. The van der Waals surface area contributed by atoms with E-state index in [1.165, 1.54) is 18.2 Å². The number of carbonyl (C=O) groups is 1. The molecule has 1 aromatic carbocycles. The second-order valence-electron chi connectivity index (χ2n) is 3.68. The summed E-state index contributed by atoms with van der Waals surface area (Å²) in [6.45, 7) is 0. The molecule has 0 saturated heterocycles. The Hall–Kier alpha value is -1.62. The van der Waals surface area contributed by atoms with E-state index in [9.17, 15) is 9.36 Å². The van der Waals surface area contributed by atoms with Gasteiger partial charge in [-0.05, 0) is 24.3 Å². The van der Waals surface area contributed by atoms with Crippen molar-refractivity contribution in [3.63, 3.8) is 0 Å². The number of fused-ring (bicyclic) bond motifs is 1. The minimum atomic E-state index is -4.27. The zero-order chi connectivity index (χ0) is 12.6. The highest BCUT2D eigenvalue weighted by Gasteiger charge is 2.17. The number of rotatable bonds is 3. The number of benzene rings is 1. The monoisotopic (exact) mass is 255 g/mol. The van der Waals surface area contributed by atoms with Crippen LogP contribution in [0.5, 0.6) is 0 Å². The number of hydrogen-bond donors (Lipinski definition) is 4. The maximum atomic E-state index is 11.1. The molecular formula is C10H10NO5P. The fraction of sp³-hybridized carbons (Fsp3) is 0.100. The molecule has 0 saturated carbocycles. The maximum Gasteiger partial charge on any atom is 0.356 e. The first-order valence-electron chi connectivity index (χ1n) is 4.76. The first kappa shape index (κ1) is 11.9. The average molecular weight is 255 g/mol. The minimum Gasteiger partial charge on any atom is -0.481 e. The number of aromatic nitrogens is 1. The molecule has 0 aliphatic rings. The van der Waals surface area contributed by atoms with Gasteiger partial charge in [0.25, 0.3) is 0 Å². The van der Waals surface area contributed by atoms with Crippen molar-refractivity contribution in [2.45, 2.75) is 6.42 Å². The summed E-state index contributed by atoms with van der Waals surface area (Å²) >= 11 is 0. The van der Waals surface area contributed by atoms with Gasteiger partial charge in [0.15, 0.2) is 0 Å². The lowest BCUT2D eigenvalue weighted by Gasteiger charge is -2.02. The first-order valence-corrected chi connectivity index (χ1v) is 6.37. The minimum absolute atomic E-state index is 0.0779. The van der Waals surface area contributed by atoms with Crippen molar-refractivity contribution < 1.29 is 24.3 Å². The van der Waals surface area contributed by atoms with E-state index >= 15 is 0 Å². The van der Waals surface area contributed by atoms with Crippen LogP contribution < -0.4 is 5.30 Å². The van der Waals surface area contributed by atoms with Gasteiger partial charge in [0, 0.05) is 16.6 Å². The molecule has 4 N–H and O–H groups in total. The van der Waals surface area contributed by atoms with E-state index in [-0.39, 0.29) is 11.7 Å². The van der Waals surface area contributed by atoms with Crippen LogP contribution in [0, 0.1) is 0 Å². The molecule has 0 radical (unpaired) electrons. The SMILES string of the molecule is O=C(O)Cc1cc2cc(P(=O)(O)O)ccc2[nH]1. The molecule has 2 rings (SSSR count). The first-order chi connectivity index (χ1) is 7.86. The quantitative estimate of drug-likeness (QED) is 0.600. The number of aliphatic carboxylic acids is 1. The van der Waals surface area contributed by atoms with E-state index in [4.69, 9.17) is 14.9 Å². The van der Waals surface area contributed by atoms with Crippen LogP contribution in [0.1, 0.15) is 5.69 Å². The van der Waals surface area contributed by atoms with Crippen LogP contribution in [0.25, 0.3) is 10.9 Å². The summed E-state index contributed by atoms with van der Waals surface area (Å²) in [5.41, 5.74) is 1.15.